The summed E-state index contributed by atoms with van der Waals surface area (Å²) in [5.74, 6) is -1.08. The van der Waals surface area contributed by atoms with Gasteiger partial charge >= 0.3 is 5.97 Å². The van der Waals surface area contributed by atoms with Crippen LogP contribution in [0, 0.1) is 5.82 Å². The second kappa shape index (κ2) is 5.84. The smallest absolute Gasteiger partial charge is 0.344 e. The molecule has 1 N–H and O–H groups in total. The van der Waals surface area contributed by atoms with Crippen molar-refractivity contribution in [3.8, 4) is 5.75 Å². The molecule has 1 unspecified atom stereocenters. The molecule has 0 aromatic heterocycles. The predicted molar refractivity (Wildman–Crippen MR) is 61.1 cm³/mol. The fourth-order valence-corrected chi connectivity index (χ4v) is 1.57. The minimum atomic E-state index is -1.01. The van der Waals surface area contributed by atoms with Crippen molar-refractivity contribution >= 4 is 21.9 Å². The Balaban J connectivity index is 2.77. The van der Waals surface area contributed by atoms with E-state index in [1.165, 1.54) is 18.2 Å². The lowest BCUT2D eigenvalue weighted by Gasteiger charge is -2.14. The van der Waals surface area contributed by atoms with E-state index >= 15 is 0 Å². The molecule has 5 heteroatoms. The summed E-state index contributed by atoms with van der Waals surface area (Å²) >= 11 is 3.01. The molecule has 0 radical (unpaired) electrons. The van der Waals surface area contributed by atoms with Gasteiger partial charge in [0.2, 0.25) is 0 Å². The Morgan fingerprint density at radius 1 is 1.62 bits per heavy atom. The normalized spacial score (nSPS) is 12.2. The Labute approximate surface area is 101 Å². The second-order valence-electron chi connectivity index (χ2n) is 3.31. The molecule has 16 heavy (non-hydrogen) atoms. The van der Waals surface area contributed by atoms with E-state index in [9.17, 15) is 9.18 Å². The Hall–Kier alpha value is -1.10. The molecule has 3 nitrogen and oxygen atoms in total. The lowest BCUT2D eigenvalue weighted by atomic mass is 10.2. The SMILES string of the molecule is CCCC(Oc1ccc(F)c(Br)c1)C(=O)O. The van der Waals surface area contributed by atoms with Gasteiger partial charge in [0.15, 0.2) is 6.10 Å². The summed E-state index contributed by atoms with van der Waals surface area (Å²) in [4.78, 5) is 10.8. The highest BCUT2D eigenvalue weighted by molar-refractivity contribution is 9.10. The molecule has 0 aliphatic carbocycles. The summed E-state index contributed by atoms with van der Waals surface area (Å²) in [5, 5.41) is 8.88. The van der Waals surface area contributed by atoms with Crippen LogP contribution in [0.5, 0.6) is 5.75 Å². The van der Waals surface area contributed by atoms with Gasteiger partial charge in [-0.2, -0.15) is 0 Å². The van der Waals surface area contributed by atoms with Crippen LogP contribution in [0.1, 0.15) is 19.8 Å². The molecule has 1 aromatic rings. The highest BCUT2D eigenvalue weighted by atomic mass is 79.9. The van der Waals surface area contributed by atoms with Gasteiger partial charge in [-0.05, 0) is 40.5 Å². The summed E-state index contributed by atoms with van der Waals surface area (Å²) in [6.45, 7) is 1.87. The molecule has 0 saturated carbocycles. The average molecular weight is 291 g/mol. The van der Waals surface area contributed by atoms with Gasteiger partial charge in [-0.3, -0.25) is 0 Å². The molecule has 1 atom stereocenters. The summed E-state index contributed by atoms with van der Waals surface area (Å²) < 4.78 is 18.4. The predicted octanol–water partition coefficient (Wildman–Crippen LogP) is 3.22. The molecule has 0 amide bonds. The van der Waals surface area contributed by atoms with Crippen LogP contribution in [0.25, 0.3) is 0 Å². The molecule has 0 bridgehead atoms. The van der Waals surface area contributed by atoms with Crippen molar-refractivity contribution in [1.82, 2.24) is 0 Å². The van der Waals surface area contributed by atoms with Gasteiger partial charge in [0.25, 0.3) is 0 Å². The maximum Gasteiger partial charge on any atom is 0.344 e. The van der Waals surface area contributed by atoms with E-state index in [4.69, 9.17) is 9.84 Å². The zero-order chi connectivity index (χ0) is 12.1. The molecule has 0 aliphatic heterocycles. The highest BCUT2D eigenvalue weighted by Gasteiger charge is 2.18. The number of rotatable bonds is 5. The Morgan fingerprint density at radius 3 is 2.81 bits per heavy atom. The number of halogens is 2. The van der Waals surface area contributed by atoms with Gasteiger partial charge in [-0.1, -0.05) is 13.3 Å². The summed E-state index contributed by atoms with van der Waals surface area (Å²) in [7, 11) is 0. The van der Waals surface area contributed by atoms with Gasteiger partial charge in [-0.15, -0.1) is 0 Å². The van der Waals surface area contributed by atoms with Crippen molar-refractivity contribution in [2.75, 3.05) is 0 Å². The third kappa shape index (κ3) is 3.48. The van der Waals surface area contributed by atoms with Crippen LogP contribution in [0.3, 0.4) is 0 Å². The van der Waals surface area contributed by atoms with Gasteiger partial charge in [0, 0.05) is 0 Å². The molecule has 1 aromatic carbocycles. The van der Waals surface area contributed by atoms with E-state index in [0.717, 1.165) is 0 Å². The standard InChI is InChI=1S/C11H12BrFO3/c1-2-3-10(11(14)15)16-7-4-5-9(13)8(12)6-7/h4-6,10H,2-3H2,1H3,(H,14,15). The summed E-state index contributed by atoms with van der Waals surface area (Å²) in [5.41, 5.74) is 0. The van der Waals surface area contributed by atoms with Gasteiger partial charge in [-0.25, -0.2) is 9.18 Å². The van der Waals surface area contributed by atoms with E-state index in [2.05, 4.69) is 15.9 Å². The molecule has 0 aliphatic rings. The number of hydrogen-bond donors (Lipinski definition) is 1. The van der Waals surface area contributed by atoms with E-state index in [-0.39, 0.29) is 4.47 Å². The van der Waals surface area contributed by atoms with Crippen molar-refractivity contribution in [3.63, 3.8) is 0 Å². The molecule has 0 saturated heterocycles. The van der Waals surface area contributed by atoms with E-state index in [1.807, 2.05) is 6.92 Å². The number of ether oxygens (including phenoxy) is 1. The van der Waals surface area contributed by atoms with Crippen LogP contribution in [-0.4, -0.2) is 17.2 Å². The van der Waals surface area contributed by atoms with Crippen LogP contribution in [-0.2, 0) is 4.79 Å². The topological polar surface area (TPSA) is 46.5 Å². The molecule has 88 valence electrons. The fraction of sp³-hybridized carbons (Fsp3) is 0.364. The third-order valence-corrected chi connectivity index (χ3v) is 2.60. The Morgan fingerprint density at radius 2 is 2.31 bits per heavy atom. The largest absolute Gasteiger partial charge is 0.479 e. The maximum absolute atomic E-state index is 12.9. The van der Waals surface area contributed by atoms with Crippen molar-refractivity contribution in [1.29, 1.82) is 0 Å². The minimum Gasteiger partial charge on any atom is -0.479 e. The number of aliphatic carboxylic acids is 1. The summed E-state index contributed by atoms with van der Waals surface area (Å²) in [6.07, 6.45) is 0.242. The van der Waals surface area contributed by atoms with E-state index in [0.29, 0.717) is 18.6 Å². The number of benzene rings is 1. The minimum absolute atomic E-state index is 0.255. The van der Waals surface area contributed by atoms with Crippen molar-refractivity contribution in [2.24, 2.45) is 0 Å². The van der Waals surface area contributed by atoms with Crippen LogP contribution in [0.2, 0.25) is 0 Å². The van der Waals surface area contributed by atoms with Gasteiger partial charge < -0.3 is 9.84 Å². The van der Waals surface area contributed by atoms with Crippen LogP contribution >= 0.6 is 15.9 Å². The lowest BCUT2D eigenvalue weighted by Crippen LogP contribution is -2.26. The summed E-state index contributed by atoms with van der Waals surface area (Å²) in [6, 6.07) is 4.05. The quantitative estimate of drug-likeness (QED) is 0.906. The third-order valence-electron chi connectivity index (χ3n) is 2.00. The second-order valence-corrected chi connectivity index (χ2v) is 4.16. The van der Waals surface area contributed by atoms with Crippen molar-refractivity contribution in [2.45, 2.75) is 25.9 Å². The zero-order valence-corrected chi connectivity index (χ0v) is 10.3. The Bertz CT molecular complexity index is 381. The molecule has 0 heterocycles. The zero-order valence-electron chi connectivity index (χ0n) is 8.74. The van der Waals surface area contributed by atoms with Gasteiger partial charge in [0.1, 0.15) is 11.6 Å². The molecule has 0 spiro atoms. The van der Waals surface area contributed by atoms with Crippen molar-refractivity contribution in [3.05, 3.63) is 28.5 Å². The first kappa shape index (κ1) is 13.0. The molecule has 0 fully saturated rings. The van der Waals surface area contributed by atoms with Gasteiger partial charge in [0.05, 0.1) is 4.47 Å². The van der Waals surface area contributed by atoms with Crippen LogP contribution < -0.4 is 4.74 Å². The number of carboxylic acid groups (broad SMARTS) is 1. The molecular formula is C11H12BrFO3. The first-order valence-electron chi connectivity index (χ1n) is 4.89. The number of carboxylic acids is 1. The van der Waals surface area contributed by atoms with E-state index in [1.54, 1.807) is 0 Å². The van der Waals surface area contributed by atoms with Crippen molar-refractivity contribution < 1.29 is 19.0 Å². The average Bonchev–Trinajstić information content (AvgIpc) is 2.22. The fourth-order valence-electron chi connectivity index (χ4n) is 1.21. The molecular weight excluding hydrogens is 279 g/mol. The van der Waals surface area contributed by atoms with Crippen LogP contribution in [0.15, 0.2) is 22.7 Å². The first-order chi connectivity index (χ1) is 7.54. The lowest BCUT2D eigenvalue weighted by molar-refractivity contribution is -0.145. The highest BCUT2D eigenvalue weighted by Crippen LogP contribution is 2.23. The number of carbonyl (C=O) groups is 1. The van der Waals surface area contributed by atoms with E-state index < -0.39 is 17.9 Å². The molecule has 1 rings (SSSR count). The number of hydrogen-bond acceptors (Lipinski definition) is 2. The first-order valence-corrected chi connectivity index (χ1v) is 5.68. The maximum atomic E-state index is 12.9. The van der Waals surface area contributed by atoms with Crippen LogP contribution in [0.4, 0.5) is 4.39 Å². The Kier molecular flexibility index (Phi) is 4.73. The monoisotopic (exact) mass is 290 g/mol.